The summed E-state index contributed by atoms with van der Waals surface area (Å²) in [7, 11) is -0.397. The second kappa shape index (κ2) is 10.2. The number of hydrogen-bond acceptors (Lipinski definition) is 11. The standard InChI is InChI=1S/C20H18N4O7S4/c1-10-5-6-13(23-22-10)34-17(28)11-8-33-19-20(31-2,18(29)24(19)15(11)16(26)27)21-12(25)9-35(30)14-4-3-7-32-14/h3-7,19H,8-9H2,1-2H3,(H,21,25)(H,26,27)/t19-,20-,35?/m0/s1. The molecule has 2 aliphatic rings. The molecule has 4 rings (SSSR count). The molecule has 1 fully saturated rings. The smallest absolute Gasteiger partial charge is 0.353 e. The van der Waals surface area contributed by atoms with Gasteiger partial charge in [-0.15, -0.1) is 28.2 Å². The highest BCUT2D eigenvalue weighted by molar-refractivity contribution is 8.14. The molecular formula is C20H18N4O7S4. The van der Waals surface area contributed by atoms with Gasteiger partial charge in [0.1, 0.15) is 21.8 Å². The van der Waals surface area contributed by atoms with Gasteiger partial charge in [0.05, 0.1) is 20.7 Å². The zero-order valence-corrected chi connectivity index (χ0v) is 21.5. The minimum Gasteiger partial charge on any atom is -0.477 e. The van der Waals surface area contributed by atoms with Gasteiger partial charge >= 0.3 is 5.97 Å². The number of hydrogen-bond donors (Lipinski definition) is 2. The first-order valence-electron chi connectivity index (χ1n) is 9.90. The predicted molar refractivity (Wildman–Crippen MR) is 129 cm³/mol. The molecule has 184 valence electrons. The van der Waals surface area contributed by atoms with E-state index in [1.807, 2.05) is 0 Å². The van der Waals surface area contributed by atoms with Crippen LogP contribution in [-0.2, 0) is 34.7 Å². The fourth-order valence-electron chi connectivity index (χ4n) is 3.46. The number of rotatable bonds is 8. The second-order valence-corrected chi connectivity index (χ2v) is 12.0. The minimum atomic E-state index is -1.84. The Hall–Kier alpha value is -2.59. The van der Waals surface area contributed by atoms with E-state index in [0.29, 0.717) is 21.7 Å². The van der Waals surface area contributed by atoms with Gasteiger partial charge in [-0.3, -0.25) is 23.5 Å². The van der Waals surface area contributed by atoms with Crippen LogP contribution in [0.5, 0.6) is 0 Å². The largest absolute Gasteiger partial charge is 0.477 e. The maximum atomic E-state index is 13.1. The fourth-order valence-corrected chi connectivity index (χ4v) is 7.59. The number of aromatic nitrogens is 2. The summed E-state index contributed by atoms with van der Waals surface area (Å²) < 4.78 is 18.2. The molecule has 0 spiro atoms. The number of ether oxygens (including phenoxy) is 1. The van der Waals surface area contributed by atoms with Crippen molar-refractivity contribution >= 4 is 68.6 Å². The molecule has 0 bridgehead atoms. The number of thioether (sulfide) groups is 2. The summed E-state index contributed by atoms with van der Waals surface area (Å²) >= 11 is 3.03. The highest BCUT2D eigenvalue weighted by Crippen LogP contribution is 2.47. The second-order valence-electron chi connectivity index (χ2n) is 7.28. The molecule has 4 heterocycles. The van der Waals surface area contributed by atoms with Crippen molar-refractivity contribution in [3.05, 3.63) is 46.6 Å². The van der Waals surface area contributed by atoms with Gasteiger partial charge < -0.3 is 15.2 Å². The third-order valence-corrected chi connectivity index (χ3v) is 9.87. The van der Waals surface area contributed by atoms with Gasteiger partial charge in [-0.25, -0.2) is 4.79 Å². The van der Waals surface area contributed by atoms with Crippen molar-refractivity contribution in [3.63, 3.8) is 0 Å². The van der Waals surface area contributed by atoms with Crippen LogP contribution in [-0.4, -0.2) is 77.0 Å². The Kier molecular flexibility index (Phi) is 7.42. The third kappa shape index (κ3) is 4.78. The van der Waals surface area contributed by atoms with Gasteiger partial charge in [-0.05, 0) is 42.3 Å². The SMILES string of the molecule is CO[C@@]1(NC(=O)CS(=O)c2cccs2)C(=O)N2C(C(=O)O)=C(C(=O)Sc3ccc(C)nn3)CS[C@H]21. The van der Waals surface area contributed by atoms with E-state index >= 15 is 0 Å². The van der Waals surface area contributed by atoms with Crippen LogP contribution in [0.4, 0.5) is 0 Å². The summed E-state index contributed by atoms with van der Waals surface area (Å²) in [6.45, 7) is 1.74. The fraction of sp³-hybridized carbons (Fsp3) is 0.300. The molecule has 15 heteroatoms. The first-order chi connectivity index (χ1) is 16.7. The summed E-state index contributed by atoms with van der Waals surface area (Å²) in [6, 6.07) is 6.60. The molecule has 1 unspecified atom stereocenters. The number of β-lactam (4-membered cyclic amide) rings is 1. The minimum absolute atomic E-state index is 0.0384. The van der Waals surface area contributed by atoms with Gasteiger partial charge in [-0.1, -0.05) is 6.07 Å². The molecule has 2 aromatic heterocycles. The lowest BCUT2D eigenvalue weighted by molar-refractivity contribution is -0.192. The molecule has 0 aromatic carbocycles. The molecular weight excluding hydrogens is 537 g/mol. The van der Waals surface area contributed by atoms with E-state index < -0.39 is 56.2 Å². The number of aliphatic carboxylic acids is 1. The Morgan fingerprint density at radius 3 is 2.71 bits per heavy atom. The molecule has 2 amide bonds. The van der Waals surface area contributed by atoms with Crippen LogP contribution in [0.1, 0.15) is 5.69 Å². The molecule has 2 aromatic rings. The molecule has 11 nitrogen and oxygen atoms in total. The van der Waals surface area contributed by atoms with Crippen LogP contribution in [0.15, 0.2) is 50.2 Å². The summed E-state index contributed by atoms with van der Waals surface area (Å²) in [5.74, 6) is -3.42. The number of methoxy groups -OCH3 is 1. The lowest BCUT2D eigenvalue weighted by atomic mass is 9.98. The quantitative estimate of drug-likeness (QED) is 0.272. The zero-order chi connectivity index (χ0) is 25.3. The van der Waals surface area contributed by atoms with Crippen LogP contribution >= 0.6 is 34.9 Å². The number of carbonyl (C=O) groups excluding carboxylic acids is 3. The molecule has 0 radical (unpaired) electrons. The molecule has 3 atom stereocenters. The maximum absolute atomic E-state index is 13.1. The van der Waals surface area contributed by atoms with E-state index in [1.54, 1.807) is 36.6 Å². The Balaban J connectivity index is 1.54. The van der Waals surface area contributed by atoms with Crippen LogP contribution < -0.4 is 5.32 Å². The van der Waals surface area contributed by atoms with Gasteiger partial charge in [0.15, 0.2) is 0 Å². The monoisotopic (exact) mass is 554 g/mol. The highest BCUT2D eigenvalue weighted by atomic mass is 32.2. The van der Waals surface area contributed by atoms with Crippen LogP contribution in [0, 0.1) is 6.92 Å². The van der Waals surface area contributed by atoms with E-state index in [2.05, 4.69) is 15.5 Å². The number of carboxylic acid groups (broad SMARTS) is 1. The van der Waals surface area contributed by atoms with E-state index in [-0.39, 0.29) is 16.4 Å². The van der Waals surface area contributed by atoms with Crippen molar-refractivity contribution < 1.29 is 33.2 Å². The van der Waals surface area contributed by atoms with Crippen molar-refractivity contribution in [3.8, 4) is 0 Å². The number of fused-ring (bicyclic) bond motifs is 1. The zero-order valence-electron chi connectivity index (χ0n) is 18.2. The van der Waals surface area contributed by atoms with Crippen molar-refractivity contribution in [1.82, 2.24) is 20.4 Å². The lowest BCUT2D eigenvalue weighted by Gasteiger charge is -2.55. The molecule has 2 N–H and O–H groups in total. The summed E-state index contributed by atoms with van der Waals surface area (Å²) in [5.41, 5.74) is -1.73. The van der Waals surface area contributed by atoms with Gasteiger partial charge in [0.25, 0.3) is 11.6 Å². The number of nitrogens with one attached hydrogen (secondary N) is 1. The normalized spacial score (nSPS) is 22.3. The summed E-state index contributed by atoms with van der Waals surface area (Å²) in [5, 5.41) is 20.6. The lowest BCUT2D eigenvalue weighted by Crippen LogP contribution is -2.81. The van der Waals surface area contributed by atoms with Crippen LogP contribution in [0.25, 0.3) is 0 Å². The number of carbonyl (C=O) groups is 4. The molecule has 35 heavy (non-hydrogen) atoms. The van der Waals surface area contributed by atoms with E-state index in [9.17, 15) is 28.5 Å². The van der Waals surface area contributed by atoms with Gasteiger partial charge in [0.2, 0.25) is 11.0 Å². The Labute approximate surface area is 214 Å². The Bertz CT molecular complexity index is 1250. The van der Waals surface area contributed by atoms with Gasteiger partial charge in [-0.2, -0.15) is 5.10 Å². The van der Waals surface area contributed by atoms with Crippen LogP contribution in [0.3, 0.4) is 0 Å². The average Bonchev–Trinajstić information content (AvgIpc) is 3.38. The van der Waals surface area contributed by atoms with Crippen molar-refractivity contribution in [2.75, 3.05) is 18.6 Å². The summed E-state index contributed by atoms with van der Waals surface area (Å²) in [6.07, 6.45) is 0. The van der Waals surface area contributed by atoms with Crippen molar-refractivity contribution in [2.45, 2.75) is 27.3 Å². The first-order valence-corrected chi connectivity index (χ1v) is 14.0. The number of carboxylic acids is 1. The van der Waals surface area contributed by atoms with Crippen molar-refractivity contribution in [1.29, 1.82) is 0 Å². The number of thiophene rings is 1. The maximum Gasteiger partial charge on any atom is 0.353 e. The van der Waals surface area contributed by atoms with E-state index in [1.165, 1.54) is 18.4 Å². The Morgan fingerprint density at radius 2 is 2.11 bits per heavy atom. The van der Waals surface area contributed by atoms with Crippen molar-refractivity contribution in [2.24, 2.45) is 0 Å². The predicted octanol–water partition coefficient (Wildman–Crippen LogP) is 0.986. The van der Waals surface area contributed by atoms with E-state index in [0.717, 1.165) is 16.7 Å². The number of amides is 2. The number of aryl methyl sites for hydroxylation is 1. The number of nitrogens with zero attached hydrogens (tertiary/aromatic N) is 3. The molecule has 0 saturated carbocycles. The van der Waals surface area contributed by atoms with E-state index in [4.69, 9.17) is 4.74 Å². The molecule has 1 saturated heterocycles. The molecule has 2 aliphatic heterocycles. The third-order valence-electron chi connectivity index (χ3n) is 5.08. The first kappa shape index (κ1) is 25.5. The average molecular weight is 555 g/mol. The summed E-state index contributed by atoms with van der Waals surface area (Å²) in [4.78, 5) is 51.6. The van der Waals surface area contributed by atoms with Gasteiger partial charge in [0, 0.05) is 18.4 Å². The van der Waals surface area contributed by atoms with Crippen LogP contribution in [0.2, 0.25) is 0 Å². The Morgan fingerprint density at radius 1 is 1.34 bits per heavy atom. The molecule has 0 aliphatic carbocycles. The highest BCUT2D eigenvalue weighted by Gasteiger charge is 2.67. The topological polar surface area (TPSA) is 156 Å².